The van der Waals surface area contributed by atoms with Crippen LogP contribution in [0.15, 0.2) is 78.9 Å². The van der Waals surface area contributed by atoms with Crippen molar-refractivity contribution in [2.45, 2.75) is 6.92 Å². The number of carbonyl (C=O) groups excluding carboxylic acids is 1. The third kappa shape index (κ3) is 3.39. The summed E-state index contributed by atoms with van der Waals surface area (Å²) in [6, 6.07) is 25.2. The van der Waals surface area contributed by atoms with E-state index in [0.717, 1.165) is 26.5 Å². The lowest BCUT2D eigenvalue weighted by Gasteiger charge is -2.14. The molecule has 0 aliphatic heterocycles. The Morgan fingerprint density at radius 3 is 2.30 bits per heavy atom. The van der Waals surface area contributed by atoms with Crippen molar-refractivity contribution in [3.05, 3.63) is 94.5 Å². The number of pyridine rings is 1. The van der Waals surface area contributed by atoms with E-state index in [1.807, 2.05) is 73.7 Å². The number of para-hydroxylation sites is 1. The Balaban J connectivity index is 1.90. The Labute approximate surface area is 162 Å². The van der Waals surface area contributed by atoms with Crippen LogP contribution in [0, 0.1) is 11.4 Å². The van der Waals surface area contributed by atoms with Crippen molar-refractivity contribution >= 4 is 34.8 Å². The van der Waals surface area contributed by atoms with Gasteiger partial charge in [0.2, 0.25) is 0 Å². The van der Waals surface area contributed by atoms with Gasteiger partial charge < -0.3 is 10.3 Å². The molecule has 3 aromatic carbocycles. The minimum absolute atomic E-state index is 0.176. The molecule has 0 fully saturated rings. The molecule has 2 N–H and O–H groups in total. The molecule has 0 bridgehead atoms. The van der Waals surface area contributed by atoms with E-state index in [-0.39, 0.29) is 5.91 Å². The number of amides is 1. The predicted octanol–water partition coefficient (Wildman–Crippen LogP) is 6.13. The smallest absolute Gasteiger partial charge is 0.256 e. The van der Waals surface area contributed by atoms with E-state index in [9.17, 15) is 4.79 Å². The first-order valence-electron chi connectivity index (χ1n) is 8.72. The predicted molar refractivity (Wildman–Crippen MR) is 114 cm³/mol. The maximum atomic E-state index is 12.7. The fourth-order valence-electron chi connectivity index (χ4n) is 3.10. The lowest BCUT2D eigenvalue weighted by atomic mass is 10.0. The van der Waals surface area contributed by atoms with Crippen molar-refractivity contribution in [3.63, 3.8) is 0 Å². The number of fused-ring (bicyclic) bond motifs is 1. The standard InChI is InChI=1S/C23H18N2OS/c1-15-11-13-16(14-12-15)20-21(27)18-9-5-6-10-19(18)24-22(20)25-23(26)17-7-3-2-4-8-17/h2-14H,1H3,(H2,24,25,26,27). The third-order valence-electron chi connectivity index (χ3n) is 4.52. The van der Waals surface area contributed by atoms with Crippen LogP contribution in [0.25, 0.3) is 22.0 Å². The maximum absolute atomic E-state index is 12.7. The third-order valence-corrected chi connectivity index (χ3v) is 4.95. The van der Waals surface area contributed by atoms with Crippen LogP contribution in [0.4, 0.5) is 5.82 Å². The summed E-state index contributed by atoms with van der Waals surface area (Å²) >= 11 is 5.79. The van der Waals surface area contributed by atoms with Gasteiger partial charge in [-0.1, -0.05) is 78.4 Å². The maximum Gasteiger partial charge on any atom is 0.256 e. The van der Waals surface area contributed by atoms with E-state index < -0.39 is 0 Å². The molecule has 1 amide bonds. The SMILES string of the molecule is Cc1ccc(-c2c(NC(=O)c3ccccc3)[nH]c3ccccc3c2=S)cc1. The number of H-pyrrole nitrogens is 1. The molecular formula is C23H18N2OS. The fraction of sp³-hybridized carbons (Fsp3) is 0.0435. The first-order chi connectivity index (χ1) is 13.1. The number of aryl methyl sites for hydroxylation is 1. The fourth-order valence-corrected chi connectivity index (χ4v) is 3.50. The van der Waals surface area contributed by atoms with Gasteiger partial charge in [0.25, 0.3) is 5.91 Å². The van der Waals surface area contributed by atoms with E-state index in [2.05, 4.69) is 10.3 Å². The van der Waals surface area contributed by atoms with Gasteiger partial charge >= 0.3 is 0 Å². The van der Waals surface area contributed by atoms with Gasteiger partial charge in [0.05, 0.1) is 4.51 Å². The molecule has 1 heterocycles. The Hall–Kier alpha value is -3.24. The van der Waals surface area contributed by atoms with E-state index in [0.29, 0.717) is 11.4 Å². The molecule has 132 valence electrons. The van der Waals surface area contributed by atoms with Crippen LogP contribution in [0.1, 0.15) is 15.9 Å². The van der Waals surface area contributed by atoms with E-state index >= 15 is 0 Å². The van der Waals surface area contributed by atoms with Crippen molar-refractivity contribution in [1.29, 1.82) is 0 Å². The first-order valence-corrected chi connectivity index (χ1v) is 9.13. The number of hydrogen-bond acceptors (Lipinski definition) is 2. The highest BCUT2D eigenvalue weighted by Crippen LogP contribution is 2.32. The molecule has 0 aliphatic carbocycles. The summed E-state index contributed by atoms with van der Waals surface area (Å²) in [5.41, 5.74) is 4.45. The summed E-state index contributed by atoms with van der Waals surface area (Å²) in [4.78, 5) is 16.1. The zero-order chi connectivity index (χ0) is 18.8. The molecule has 0 saturated heterocycles. The van der Waals surface area contributed by atoms with Crippen molar-refractivity contribution < 1.29 is 4.79 Å². The van der Waals surface area contributed by atoms with Gasteiger partial charge in [-0.15, -0.1) is 0 Å². The molecule has 0 saturated carbocycles. The van der Waals surface area contributed by atoms with Gasteiger partial charge in [0.1, 0.15) is 5.82 Å². The lowest BCUT2D eigenvalue weighted by molar-refractivity contribution is 0.102. The zero-order valence-electron chi connectivity index (χ0n) is 14.8. The highest BCUT2D eigenvalue weighted by Gasteiger charge is 2.14. The molecule has 3 nitrogen and oxygen atoms in total. The number of hydrogen-bond donors (Lipinski definition) is 2. The molecule has 0 unspecified atom stereocenters. The number of carbonyl (C=O) groups is 1. The monoisotopic (exact) mass is 370 g/mol. The largest absolute Gasteiger partial charge is 0.341 e. The van der Waals surface area contributed by atoms with Crippen LogP contribution in [-0.2, 0) is 0 Å². The Morgan fingerprint density at radius 1 is 0.889 bits per heavy atom. The van der Waals surface area contributed by atoms with Crippen molar-refractivity contribution in [2.75, 3.05) is 5.32 Å². The second-order valence-electron chi connectivity index (χ2n) is 6.44. The molecule has 0 radical (unpaired) electrons. The highest BCUT2D eigenvalue weighted by atomic mass is 32.1. The van der Waals surface area contributed by atoms with Gasteiger partial charge in [0.15, 0.2) is 0 Å². The second-order valence-corrected chi connectivity index (χ2v) is 6.84. The Kier molecular flexibility index (Phi) is 4.57. The van der Waals surface area contributed by atoms with Crippen LogP contribution in [0.5, 0.6) is 0 Å². The van der Waals surface area contributed by atoms with E-state index in [1.54, 1.807) is 12.1 Å². The summed E-state index contributed by atoms with van der Waals surface area (Å²) in [6.45, 7) is 2.04. The van der Waals surface area contributed by atoms with Crippen molar-refractivity contribution in [3.8, 4) is 11.1 Å². The minimum atomic E-state index is -0.176. The second kappa shape index (κ2) is 7.17. The summed E-state index contributed by atoms with van der Waals surface area (Å²) in [5, 5.41) is 3.97. The summed E-state index contributed by atoms with van der Waals surface area (Å²) in [7, 11) is 0. The molecule has 0 spiro atoms. The zero-order valence-corrected chi connectivity index (χ0v) is 15.6. The van der Waals surface area contributed by atoms with Crippen LogP contribution < -0.4 is 5.32 Å². The Morgan fingerprint density at radius 2 is 1.56 bits per heavy atom. The van der Waals surface area contributed by atoms with Crippen LogP contribution in [0.2, 0.25) is 0 Å². The van der Waals surface area contributed by atoms with Crippen LogP contribution >= 0.6 is 12.2 Å². The quantitative estimate of drug-likeness (QED) is 0.426. The van der Waals surface area contributed by atoms with E-state index in [1.165, 1.54) is 5.56 Å². The average molecular weight is 370 g/mol. The van der Waals surface area contributed by atoms with Crippen LogP contribution in [0.3, 0.4) is 0 Å². The van der Waals surface area contributed by atoms with Crippen molar-refractivity contribution in [2.24, 2.45) is 0 Å². The molecule has 0 atom stereocenters. The van der Waals surface area contributed by atoms with Gasteiger partial charge in [0, 0.05) is 22.0 Å². The summed E-state index contributed by atoms with van der Waals surface area (Å²) in [6.07, 6.45) is 0. The molecule has 4 aromatic rings. The highest BCUT2D eigenvalue weighted by molar-refractivity contribution is 7.71. The summed E-state index contributed by atoms with van der Waals surface area (Å²) in [5.74, 6) is 0.432. The van der Waals surface area contributed by atoms with Gasteiger partial charge in [-0.2, -0.15) is 0 Å². The number of aromatic amines is 1. The molecule has 27 heavy (non-hydrogen) atoms. The molecule has 1 aromatic heterocycles. The van der Waals surface area contributed by atoms with Crippen LogP contribution in [-0.4, -0.2) is 10.9 Å². The van der Waals surface area contributed by atoms with Gasteiger partial charge in [-0.3, -0.25) is 4.79 Å². The molecular weight excluding hydrogens is 352 g/mol. The number of benzene rings is 3. The normalized spacial score (nSPS) is 10.7. The topological polar surface area (TPSA) is 44.9 Å². The molecule has 4 rings (SSSR count). The molecule has 4 heteroatoms. The van der Waals surface area contributed by atoms with Gasteiger partial charge in [-0.05, 0) is 30.7 Å². The molecule has 0 aliphatic rings. The van der Waals surface area contributed by atoms with E-state index in [4.69, 9.17) is 12.2 Å². The number of aromatic nitrogens is 1. The number of rotatable bonds is 3. The number of anilines is 1. The Bertz CT molecular complexity index is 1180. The minimum Gasteiger partial charge on any atom is -0.341 e. The lowest BCUT2D eigenvalue weighted by Crippen LogP contribution is -2.14. The van der Waals surface area contributed by atoms with Crippen molar-refractivity contribution in [1.82, 2.24) is 4.98 Å². The average Bonchev–Trinajstić information content (AvgIpc) is 2.70. The summed E-state index contributed by atoms with van der Waals surface area (Å²) < 4.78 is 0.719. The number of nitrogens with one attached hydrogen (secondary N) is 2. The first kappa shape index (κ1) is 17.2. The van der Waals surface area contributed by atoms with Gasteiger partial charge in [-0.25, -0.2) is 0 Å².